The lowest BCUT2D eigenvalue weighted by atomic mass is 9.89. The van der Waals surface area contributed by atoms with Crippen LogP contribution in [0.1, 0.15) is 36.1 Å². The summed E-state index contributed by atoms with van der Waals surface area (Å²) in [6.45, 7) is 3.41. The maximum absolute atomic E-state index is 11.2. The van der Waals surface area contributed by atoms with Gasteiger partial charge in [-0.05, 0) is 31.9 Å². The fourth-order valence-corrected chi connectivity index (χ4v) is 2.03. The zero-order chi connectivity index (χ0) is 13.0. The van der Waals surface area contributed by atoms with Crippen LogP contribution in [0.2, 0.25) is 0 Å². The van der Waals surface area contributed by atoms with Crippen molar-refractivity contribution in [3.05, 3.63) is 23.7 Å². The number of ether oxygens (including phenoxy) is 2. The Balaban J connectivity index is 1.71. The highest BCUT2D eigenvalue weighted by Gasteiger charge is 2.29. The summed E-state index contributed by atoms with van der Waals surface area (Å²) in [5.74, 6) is 0.548. The molecule has 1 aromatic heterocycles. The van der Waals surface area contributed by atoms with E-state index in [2.05, 4.69) is 10.1 Å². The monoisotopic (exact) mass is 253 g/mol. The SMILES string of the molecule is CCOC1CC(NCc2ccc(C(=O)OC)o2)C1. The molecule has 0 bridgehead atoms. The topological polar surface area (TPSA) is 60.7 Å². The van der Waals surface area contributed by atoms with Crippen LogP contribution in [0.3, 0.4) is 0 Å². The molecule has 0 saturated heterocycles. The maximum Gasteiger partial charge on any atom is 0.373 e. The van der Waals surface area contributed by atoms with Gasteiger partial charge in [-0.25, -0.2) is 4.79 Å². The summed E-state index contributed by atoms with van der Waals surface area (Å²) in [7, 11) is 1.34. The molecule has 18 heavy (non-hydrogen) atoms. The summed E-state index contributed by atoms with van der Waals surface area (Å²) >= 11 is 0. The fourth-order valence-electron chi connectivity index (χ4n) is 2.03. The highest BCUT2D eigenvalue weighted by atomic mass is 16.5. The van der Waals surface area contributed by atoms with E-state index in [1.807, 2.05) is 6.92 Å². The Kier molecular flexibility index (Phi) is 4.38. The molecule has 1 aliphatic carbocycles. The lowest BCUT2D eigenvalue weighted by Gasteiger charge is -2.35. The highest BCUT2D eigenvalue weighted by molar-refractivity contribution is 5.86. The first-order valence-electron chi connectivity index (χ1n) is 6.25. The van der Waals surface area contributed by atoms with E-state index in [4.69, 9.17) is 9.15 Å². The number of methoxy groups -OCH3 is 1. The largest absolute Gasteiger partial charge is 0.463 e. The standard InChI is InChI=1S/C13H19NO4/c1-3-17-11-6-9(7-11)14-8-10-4-5-12(18-10)13(15)16-2/h4-5,9,11,14H,3,6-8H2,1-2H3. The van der Waals surface area contributed by atoms with Crippen molar-refractivity contribution >= 4 is 5.97 Å². The third-order valence-electron chi connectivity index (χ3n) is 3.11. The van der Waals surface area contributed by atoms with Gasteiger partial charge in [0.2, 0.25) is 5.76 Å². The van der Waals surface area contributed by atoms with E-state index in [1.54, 1.807) is 12.1 Å². The Morgan fingerprint density at radius 1 is 1.50 bits per heavy atom. The minimum Gasteiger partial charge on any atom is -0.463 e. The maximum atomic E-state index is 11.2. The smallest absolute Gasteiger partial charge is 0.373 e. The van der Waals surface area contributed by atoms with Gasteiger partial charge in [-0.15, -0.1) is 0 Å². The van der Waals surface area contributed by atoms with Crippen molar-refractivity contribution < 1.29 is 18.7 Å². The quantitative estimate of drug-likeness (QED) is 0.782. The number of carbonyl (C=O) groups is 1. The number of nitrogens with one attached hydrogen (secondary N) is 1. The van der Waals surface area contributed by atoms with Crippen LogP contribution in [0.15, 0.2) is 16.5 Å². The van der Waals surface area contributed by atoms with Crippen LogP contribution < -0.4 is 5.32 Å². The third kappa shape index (κ3) is 3.11. The molecule has 1 aromatic rings. The fraction of sp³-hybridized carbons (Fsp3) is 0.615. The van der Waals surface area contributed by atoms with E-state index in [1.165, 1.54) is 7.11 Å². The summed E-state index contributed by atoms with van der Waals surface area (Å²) < 4.78 is 15.4. The van der Waals surface area contributed by atoms with E-state index in [-0.39, 0.29) is 5.76 Å². The molecule has 1 N–H and O–H groups in total. The summed E-state index contributed by atoms with van der Waals surface area (Å²) in [5.41, 5.74) is 0. The number of furan rings is 1. The molecule has 100 valence electrons. The van der Waals surface area contributed by atoms with Crippen molar-refractivity contribution in [3.63, 3.8) is 0 Å². The van der Waals surface area contributed by atoms with Crippen molar-refractivity contribution in [2.45, 2.75) is 38.5 Å². The highest BCUT2D eigenvalue weighted by Crippen LogP contribution is 2.23. The second-order valence-electron chi connectivity index (χ2n) is 4.38. The molecule has 0 aromatic carbocycles. The van der Waals surface area contributed by atoms with E-state index in [0.717, 1.165) is 25.2 Å². The van der Waals surface area contributed by atoms with E-state index < -0.39 is 5.97 Å². The Morgan fingerprint density at radius 2 is 2.28 bits per heavy atom. The third-order valence-corrected chi connectivity index (χ3v) is 3.11. The van der Waals surface area contributed by atoms with Crippen molar-refractivity contribution in [2.24, 2.45) is 0 Å². The molecule has 0 unspecified atom stereocenters. The molecule has 1 fully saturated rings. The van der Waals surface area contributed by atoms with Gasteiger partial charge in [-0.3, -0.25) is 0 Å². The molecule has 5 heteroatoms. The average molecular weight is 253 g/mol. The lowest BCUT2D eigenvalue weighted by molar-refractivity contribution is -0.0105. The van der Waals surface area contributed by atoms with Gasteiger partial charge in [0.05, 0.1) is 19.8 Å². The number of esters is 1. The number of carbonyl (C=O) groups excluding carboxylic acids is 1. The van der Waals surface area contributed by atoms with Gasteiger partial charge in [0.15, 0.2) is 0 Å². The van der Waals surface area contributed by atoms with Gasteiger partial charge >= 0.3 is 5.97 Å². The molecule has 2 rings (SSSR count). The van der Waals surface area contributed by atoms with Crippen LogP contribution in [0.5, 0.6) is 0 Å². The summed E-state index contributed by atoms with van der Waals surface area (Å²) in [6, 6.07) is 3.90. The average Bonchev–Trinajstić information content (AvgIpc) is 2.79. The van der Waals surface area contributed by atoms with Crippen LogP contribution in [0, 0.1) is 0 Å². The molecule has 1 heterocycles. The summed E-state index contributed by atoms with van der Waals surface area (Å²) in [4.78, 5) is 11.2. The zero-order valence-corrected chi connectivity index (χ0v) is 10.8. The molecule has 0 spiro atoms. The van der Waals surface area contributed by atoms with Crippen molar-refractivity contribution in [2.75, 3.05) is 13.7 Å². The molecule has 5 nitrogen and oxygen atoms in total. The minimum absolute atomic E-state index is 0.245. The van der Waals surface area contributed by atoms with Crippen LogP contribution in [-0.4, -0.2) is 31.8 Å². The molecule has 0 radical (unpaired) electrons. The first-order valence-corrected chi connectivity index (χ1v) is 6.25. The first kappa shape index (κ1) is 13.1. The molecular formula is C13H19NO4. The summed E-state index contributed by atoms with van der Waals surface area (Å²) in [6.07, 6.45) is 2.48. The number of hydrogen-bond acceptors (Lipinski definition) is 5. The van der Waals surface area contributed by atoms with E-state index in [9.17, 15) is 4.79 Å². The first-order chi connectivity index (χ1) is 8.72. The van der Waals surface area contributed by atoms with Crippen LogP contribution in [0.25, 0.3) is 0 Å². The Morgan fingerprint density at radius 3 is 2.94 bits per heavy atom. The predicted molar refractivity (Wildman–Crippen MR) is 65.3 cm³/mol. The molecule has 0 amide bonds. The van der Waals surface area contributed by atoms with Gasteiger partial charge < -0.3 is 19.2 Å². The van der Waals surface area contributed by atoms with Crippen LogP contribution in [0.4, 0.5) is 0 Å². The van der Waals surface area contributed by atoms with Gasteiger partial charge in [0.1, 0.15) is 5.76 Å². The van der Waals surface area contributed by atoms with Crippen LogP contribution >= 0.6 is 0 Å². The van der Waals surface area contributed by atoms with E-state index in [0.29, 0.717) is 18.7 Å². The molecule has 0 atom stereocenters. The zero-order valence-electron chi connectivity index (χ0n) is 10.8. The van der Waals surface area contributed by atoms with Crippen molar-refractivity contribution in [1.82, 2.24) is 5.32 Å². The van der Waals surface area contributed by atoms with Gasteiger partial charge in [-0.2, -0.15) is 0 Å². The van der Waals surface area contributed by atoms with Gasteiger partial charge in [-0.1, -0.05) is 0 Å². The Labute approximate surface area is 106 Å². The number of rotatable bonds is 6. The minimum atomic E-state index is -0.443. The van der Waals surface area contributed by atoms with Gasteiger partial charge in [0.25, 0.3) is 0 Å². The summed E-state index contributed by atoms with van der Waals surface area (Å²) in [5, 5.41) is 3.37. The van der Waals surface area contributed by atoms with Crippen LogP contribution in [-0.2, 0) is 16.0 Å². The predicted octanol–water partition coefficient (Wildman–Crippen LogP) is 1.72. The second-order valence-corrected chi connectivity index (χ2v) is 4.38. The van der Waals surface area contributed by atoms with E-state index >= 15 is 0 Å². The lowest BCUT2D eigenvalue weighted by Crippen LogP contribution is -2.45. The number of hydrogen-bond donors (Lipinski definition) is 1. The molecule has 1 aliphatic rings. The van der Waals surface area contributed by atoms with Crippen molar-refractivity contribution in [1.29, 1.82) is 0 Å². The molecule has 1 saturated carbocycles. The molecular weight excluding hydrogens is 234 g/mol. The molecule has 0 aliphatic heterocycles. The normalized spacial score (nSPS) is 22.6. The second kappa shape index (κ2) is 6.02. The Hall–Kier alpha value is -1.33. The van der Waals surface area contributed by atoms with Crippen molar-refractivity contribution in [3.8, 4) is 0 Å². The van der Waals surface area contributed by atoms with Gasteiger partial charge in [0, 0.05) is 12.6 Å². The Bertz CT molecular complexity index is 395.